The highest BCUT2D eigenvalue weighted by atomic mass is 16.5. The molecule has 0 fully saturated rings. The smallest absolute Gasteiger partial charge is 0.322 e. The highest BCUT2D eigenvalue weighted by molar-refractivity contribution is 5.92. The number of carbonyl (C=O) groups is 4. The van der Waals surface area contributed by atoms with Gasteiger partial charge in [0, 0.05) is 17.7 Å². The minimum Gasteiger partial charge on any atom is -0.496 e. The maximum Gasteiger partial charge on any atom is 0.322 e. The van der Waals surface area contributed by atoms with Crippen LogP contribution in [0.5, 0.6) is 5.75 Å². The zero-order valence-corrected chi connectivity index (χ0v) is 25.2. The van der Waals surface area contributed by atoms with E-state index < -0.39 is 47.9 Å². The number of hydrogen-bond acceptors (Lipinski definition) is 9. The first-order valence-corrected chi connectivity index (χ1v) is 14.0. The topological polar surface area (TPSA) is 218 Å². The lowest BCUT2D eigenvalue weighted by molar-refractivity contribution is -0.142. The second kappa shape index (κ2) is 15.9. The molecular formula is C29H45N7O6. The number of nitrogens with two attached hydrogens (primary N) is 3. The number of amides is 3. The van der Waals surface area contributed by atoms with Gasteiger partial charge in [0.1, 0.15) is 23.9 Å². The van der Waals surface area contributed by atoms with Crippen molar-refractivity contribution in [1.29, 1.82) is 0 Å². The van der Waals surface area contributed by atoms with Gasteiger partial charge in [0.25, 0.3) is 0 Å². The number of aromatic amines is 1. The third kappa shape index (κ3) is 9.84. The van der Waals surface area contributed by atoms with Crippen LogP contribution in [0.4, 0.5) is 0 Å². The molecule has 13 nitrogen and oxygen atoms in total. The average molecular weight is 588 g/mol. The third-order valence-corrected chi connectivity index (χ3v) is 6.66. The summed E-state index contributed by atoms with van der Waals surface area (Å²) in [7, 11) is 2.80. The van der Waals surface area contributed by atoms with Crippen LogP contribution in [-0.2, 0) is 36.8 Å². The zero-order chi connectivity index (χ0) is 31.6. The summed E-state index contributed by atoms with van der Waals surface area (Å²) in [6, 6.07) is 1.71. The molecule has 1 aromatic carbocycles. The molecule has 1 aromatic heterocycles. The highest BCUT2D eigenvalue weighted by Crippen LogP contribution is 2.32. The Morgan fingerprint density at radius 1 is 0.905 bits per heavy atom. The lowest BCUT2D eigenvalue weighted by Crippen LogP contribution is -2.56. The van der Waals surface area contributed by atoms with Crippen molar-refractivity contribution in [3.05, 3.63) is 35.8 Å². The van der Waals surface area contributed by atoms with Crippen LogP contribution >= 0.6 is 0 Å². The Labute approximate surface area is 246 Å². The summed E-state index contributed by atoms with van der Waals surface area (Å²) in [6.45, 7) is 7.67. The first kappa shape index (κ1) is 34.2. The third-order valence-electron chi connectivity index (χ3n) is 6.66. The molecule has 0 radical (unpaired) electrons. The number of H-pyrrole nitrogens is 1. The number of ether oxygens (including phenoxy) is 2. The van der Waals surface area contributed by atoms with E-state index in [1.165, 1.54) is 20.5 Å². The van der Waals surface area contributed by atoms with E-state index in [-0.39, 0.29) is 24.7 Å². The summed E-state index contributed by atoms with van der Waals surface area (Å²) in [5, 5.41) is 5.42. The number of aromatic nitrogens is 2. The molecule has 0 aliphatic heterocycles. The van der Waals surface area contributed by atoms with Crippen molar-refractivity contribution in [2.24, 2.45) is 29.0 Å². The quantitative estimate of drug-likeness (QED) is 0.151. The predicted molar refractivity (Wildman–Crippen MR) is 158 cm³/mol. The zero-order valence-electron chi connectivity index (χ0n) is 25.2. The Morgan fingerprint density at radius 2 is 1.52 bits per heavy atom. The molecule has 1 heterocycles. The van der Waals surface area contributed by atoms with Gasteiger partial charge in [0.15, 0.2) is 0 Å². The fourth-order valence-corrected chi connectivity index (χ4v) is 4.55. The van der Waals surface area contributed by atoms with Crippen LogP contribution in [0.2, 0.25) is 0 Å². The number of primary amides is 1. The second-order valence-corrected chi connectivity index (χ2v) is 11.2. The van der Waals surface area contributed by atoms with Crippen LogP contribution < -0.4 is 32.6 Å². The van der Waals surface area contributed by atoms with Gasteiger partial charge in [-0.2, -0.15) is 0 Å². The molecule has 0 bridgehead atoms. The van der Waals surface area contributed by atoms with Crippen molar-refractivity contribution in [3.8, 4) is 17.0 Å². The number of esters is 1. The molecule has 4 atom stereocenters. The van der Waals surface area contributed by atoms with E-state index in [0.717, 1.165) is 5.56 Å². The van der Waals surface area contributed by atoms with Crippen LogP contribution in [0.1, 0.15) is 51.8 Å². The molecule has 9 N–H and O–H groups in total. The van der Waals surface area contributed by atoms with E-state index in [2.05, 4.69) is 20.6 Å². The highest BCUT2D eigenvalue weighted by Gasteiger charge is 2.29. The van der Waals surface area contributed by atoms with Gasteiger partial charge in [-0.1, -0.05) is 33.8 Å². The summed E-state index contributed by atoms with van der Waals surface area (Å²) in [6.07, 6.45) is 2.51. The molecule has 0 unspecified atom stereocenters. The number of nitrogens with zero attached hydrogens (tertiary/aromatic N) is 1. The summed E-state index contributed by atoms with van der Waals surface area (Å²) in [5.74, 6) is -1.48. The van der Waals surface area contributed by atoms with Gasteiger partial charge in [-0.3, -0.25) is 19.2 Å². The lowest BCUT2D eigenvalue weighted by atomic mass is 9.98. The Balaban J connectivity index is 2.23. The Morgan fingerprint density at radius 3 is 2.10 bits per heavy atom. The Hall–Kier alpha value is -3.97. The van der Waals surface area contributed by atoms with E-state index >= 15 is 0 Å². The normalized spacial score (nSPS) is 14.1. The van der Waals surface area contributed by atoms with Crippen molar-refractivity contribution in [2.75, 3.05) is 14.2 Å². The fourth-order valence-electron chi connectivity index (χ4n) is 4.55. The number of carbonyl (C=O) groups excluding carboxylic acids is 4. The number of hydrogen-bond donors (Lipinski definition) is 6. The van der Waals surface area contributed by atoms with E-state index in [4.69, 9.17) is 26.7 Å². The van der Waals surface area contributed by atoms with Gasteiger partial charge < -0.3 is 42.3 Å². The molecule has 0 aliphatic carbocycles. The second-order valence-electron chi connectivity index (χ2n) is 11.2. The van der Waals surface area contributed by atoms with Crippen molar-refractivity contribution in [3.63, 3.8) is 0 Å². The molecule has 2 rings (SSSR count). The Kier molecular flexibility index (Phi) is 12.9. The van der Waals surface area contributed by atoms with Crippen molar-refractivity contribution in [1.82, 2.24) is 20.6 Å². The number of imidazole rings is 1. The summed E-state index contributed by atoms with van der Waals surface area (Å²) >= 11 is 0. The first-order valence-electron chi connectivity index (χ1n) is 14.0. The SMILES string of the molecule is COC(=O)[C@@H](N)Cc1ccc(OC)c(-c2nc[nH]c2C[C@H](N)C(=O)N[C@@H](CC(C)C)C(=O)N[C@@H](CC(C)C)C(N)=O)c1. The lowest BCUT2D eigenvalue weighted by Gasteiger charge is -2.25. The number of rotatable bonds is 16. The number of nitrogens with one attached hydrogen (secondary N) is 3. The van der Waals surface area contributed by atoms with Gasteiger partial charge in [0.05, 0.1) is 32.3 Å². The summed E-state index contributed by atoms with van der Waals surface area (Å²) in [5.41, 5.74) is 20.2. The van der Waals surface area contributed by atoms with E-state index in [1.807, 2.05) is 33.8 Å². The largest absolute Gasteiger partial charge is 0.496 e. The number of methoxy groups -OCH3 is 2. The summed E-state index contributed by atoms with van der Waals surface area (Å²) < 4.78 is 10.2. The minimum atomic E-state index is -1.03. The van der Waals surface area contributed by atoms with Gasteiger partial charge in [-0.15, -0.1) is 0 Å². The van der Waals surface area contributed by atoms with Crippen LogP contribution in [0, 0.1) is 11.8 Å². The average Bonchev–Trinajstić information content (AvgIpc) is 3.38. The monoisotopic (exact) mass is 587 g/mol. The van der Waals surface area contributed by atoms with E-state index in [9.17, 15) is 19.2 Å². The first-order chi connectivity index (χ1) is 19.8. The Bertz CT molecular complexity index is 1230. The maximum atomic E-state index is 13.2. The molecule has 232 valence electrons. The van der Waals surface area contributed by atoms with Crippen LogP contribution in [-0.4, -0.2) is 72.0 Å². The fraction of sp³-hybridized carbons (Fsp3) is 0.552. The molecule has 2 aromatic rings. The van der Waals surface area contributed by atoms with Crippen molar-refractivity contribution in [2.45, 2.75) is 77.5 Å². The number of benzene rings is 1. The summed E-state index contributed by atoms with van der Waals surface area (Å²) in [4.78, 5) is 57.4. The minimum absolute atomic E-state index is 0.0700. The molecule has 0 saturated heterocycles. The molecular weight excluding hydrogens is 542 g/mol. The van der Waals surface area contributed by atoms with Crippen molar-refractivity contribution >= 4 is 23.7 Å². The van der Waals surface area contributed by atoms with Gasteiger partial charge >= 0.3 is 5.97 Å². The molecule has 0 spiro atoms. The molecule has 13 heteroatoms. The predicted octanol–water partition coefficient (Wildman–Crippen LogP) is 0.545. The van der Waals surface area contributed by atoms with Crippen LogP contribution in [0.3, 0.4) is 0 Å². The molecule has 0 saturated carbocycles. The van der Waals surface area contributed by atoms with E-state index in [1.54, 1.807) is 12.1 Å². The van der Waals surface area contributed by atoms with Crippen LogP contribution in [0.25, 0.3) is 11.3 Å². The van der Waals surface area contributed by atoms with Gasteiger partial charge in [-0.05, 0) is 48.8 Å². The maximum absolute atomic E-state index is 13.2. The van der Waals surface area contributed by atoms with Crippen molar-refractivity contribution < 1.29 is 28.7 Å². The van der Waals surface area contributed by atoms with Crippen LogP contribution in [0.15, 0.2) is 24.5 Å². The van der Waals surface area contributed by atoms with E-state index in [0.29, 0.717) is 35.5 Å². The molecule has 0 aliphatic rings. The molecule has 42 heavy (non-hydrogen) atoms. The van der Waals surface area contributed by atoms with Gasteiger partial charge in [-0.25, -0.2) is 4.98 Å². The standard InChI is InChI=1S/C29H45N7O6/c1-15(2)9-22(26(32)37)35-28(39)23(10-16(3)4)36-27(38)19(30)13-21-25(34-14-33-21)18-11-17(7-8-24(18)41-5)12-20(31)29(40)42-6/h7-8,11,14-16,19-20,22-23H,9-10,12-13,30-31H2,1-6H3,(H2,32,37)(H,33,34)(H,35,39)(H,36,38)/t19-,20-,22-,23-/m0/s1. The van der Waals surface area contributed by atoms with Gasteiger partial charge in [0.2, 0.25) is 17.7 Å². The molecule has 3 amide bonds.